The molecule has 0 aromatic rings. The number of phosphoric ester groups is 2. The third kappa shape index (κ3) is 72.1. The van der Waals surface area contributed by atoms with Gasteiger partial charge in [-0.05, 0) is 43.4 Å². The molecule has 0 aliphatic heterocycles. The Morgan fingerprint density at radius 1 is 0.277 bits per heavy atom. The van der Waals surface area contributed by atoms with E-state index in [1.54, 1.807) is 0 Å². The molecule has 0 saturated carbocycles. The van der Waals surface area contributed by atoms with E-state index in [-0.39, 0.29) is 25.7 Å². The van der Waals surface area contributed by atoms with Crippen LogP contribution in [0.4, 0.5) is 0 Å². The lowest BCUT2D eigenvalue weighted by atomic mass is 9.99. The molecule has 0 radical (unpaired) electrons. The standard InChI is InChI=1S/C82H160O17P2/c1-8-12-13-14-15-16-17-18-23-27-30-33-42-49-56-63-79(84)92-69-77(98-81(86)65-58-51-44-34-31-28-25-22-20-19-21-24-26-29-32-39-46-53-60-73(5)9-2)71-96-100(88,89)94-67-76(83)68-95-101(90,91)97-72-78(99-82(87)66-59-52-45-38-36-41-48-55-62-75(7)11-4)70-93-80(85)64-57-50-43-37-35-40-47-54-61-74(6)10-3/h73-78,83H,8-72H2,1-7H3,(H,88,89)(H,90,91)/t73?,74?,75?,76-,77-,78-/m1/s1. The Morgan fingerprint density at radius 2 is 0.475 bits per heavy atom. The molecule has 0 aromatic heterocycles. The molecule has 0 spiro atoms. The van der Waals surface area contributed by atoms with Crippen LogP contribution in [0.2, 0.25) is 0 Å². The Balaban J connectivity index is 5.23. The summed E-state index contributed by atoms with van der Waals surface area (Å²) < 4.78 is 68.7. The van der Waals surface area contributed by atoms with Crippen molar-refractivity contribution < 1.29 is 80.2 Å². The van der Waals surface area contributed by atoms with Crippen LogP contribution >= 0.6 is 15.6 Å². The molecule has 5 unspecified atom stereocenters. The minimum atomic E-state index is -4.96. The summed E-state index contributed by atoms with van der Waals surface area (Å²) in [7, 11) is -9.92. The van der Waals surface area contributed by atoms with Crippen LogP contribution in [0.25, 0.3) is 0 Å². The molecule has 0 rings (SSSR count). The molecule has 0 amide bonds. The molecule has 0 aliphatic carbocycles. The fourth-order valence-electron chi connectivity index (χ4n) is 12.6. The molecule has 8 atom stereocenters. The SMILES string of the molecule is CCCCCCCCCCCCCCCCCC(=O)OC[C@H](COP(=O)(O)OC[C@@H](O)COP(=O)(O)OC[C@@H](COC(=O)CCCCCCCCCCC(C)CC)OC(=O)CCCCCCCCCCC(C)CC)OC(=O)CCCCCCCCCCCCCCCCCCCCC(C)CC. The van der Waals surface area contributed by atoms with Gasteiger partial charge >= 0.3 is 39.5 Å². The molecule has 0 aromatic carbocycles. The number of aliphatic hydroxyl groups excluding tert-OH is 1. The average Bonchev–Trinajstić information content (AvgIpc) is 0.954. The summed E-state index contributed by atoms with van der Waals surface area (Å²) in [4.78, 5) is 73.1. The maximum absolute atomic E-state index is 13.1. The van der Waals surface area contributed by atoms with Crippen molar-refractivity contribution in [1.82, 2.24) is 0 Å². The minimum Gasteiger partial charge on any atom is -0.462 e. The van der Waals surface area contributed by atoms with Crippen molar-refractivity contribution >= 4 is 39.5 Å². The zero-order valence-electron chi connectivity index (χ0n) is 66.4. The Hall–Kier alpha value is -1.94. The smallest absolute Gasteiger partial charge is 0.462 e. The van der Waals surface area contributed by atoms with Crippen molar-refractivity contribution in [2.24, 2.45) is 17.8 Å². The zero-order chi connectivity index (χ0) is 74.4. The normalized spacial score (nSPS) is 14.8. The number of ether oxygens (including phenoxy) is 4. The van der Waals surface area contributed by atoms with Gasteiger partial charge in [-0.1, -0.05) is 376 Å². The molecule has 101 heavy (non-hydrogen) atoms. The van der Waals surface area contributed by atoms with Crippen LogP contribution < -0.4 is 0 Å². The van der Waals surface area contributed by atoms with E-state index in [9.17, 15) is 43.2 Å². The van der Waals surface area contributed by atoms with Gasteiger partial charge in [0, 0.05) is 25.7 Å². The molecular weight excluding hydrogens is 1320 g/mol. The number of aliphatic hydroxyl groups is 1. The number of hydrogen-bond acceptors (Lipinski definition) is 15. The van der Waals surface area contributed by atoms with Gasteiger partial charge in [-0.15, -0.1) is 0 Å². The first-order valence-electron chi connectivity index (χ1n) is 42.5. The molecule has 0 aliphatic rings. The summed E-state index contributed by atoms with van der Waals surface area (Å²) in [5, 5.41) is 10.6. The van der Waals surface area contributed by atoms with Crippen LogP contribution in [-0.4, -0.2) is 96.7 Å². The molecule has 600 valence electrons. The van der Waals surface area contributed by atoms with Crippen LogP contribution in [0.5, 0.6) is 0 Å². The molecule has 17 nitrogen and oxygen atoms in total. The van der Waals surface area contributed by atoms with Crippen LogP contribution in [0.15, 0.2) is 0 Å². The monoisotopic (exact) mass is 1480 g/mol. The van der Waals surface area contributed by atoms with Crippen molar-refractivity contribution in [3.05, 3.63) is 0 Å². The number of rotatable bonds is 80. The van der Waals surface area contributed by atoms with E-state index in [0.717, 1.165) is 108 Å². The van der Waals surface area contributed by atoms with Crippen molar-refractivity contribution in [1.29, 1.82) is 0 Å². The Kier molecular flexibility index (Phi) is 70.9. The number of phosphoric acid groups is 2. The van der Waals surface area contributed by atoms with Gasteiger partial charge < -0.3 is 33.8 Å². The maximum Gasteiger partial charge on any atom is 0.472 e. The first-order valence-corrected chi connectivity index (χ1v) is 45.5. The second kappa shape index (κ2) is 72.3. The third-order valence-electron chi connectivity index (χ3n) is 20.2. The van der Waals surface area contributed by atoms with E-state index in [1.807, 2.05) is 0 Å². The highest BCUT2D eigenvalue weighted by atomic mass is 31.2. The van der Waals surface area contributed by atoms with Crippen molar-refractivity contribution in [3.8, 4) is 0 Å². The van der Waals surface area contributed by atoms with Gasteiger partial charge in [0.15, 0.2) is 12.2 Å². The number of carbonyl (C=O) groups is 4. The Bertz CT molecular complexity index is 1960. The molecule has 3 N–H and O–H groups in total. The zero-order valence-corrected chi connectivity index (χ0v) is 68.2. The highest BCUT2D eigenvalue weighted by Gasteiger charge is 2.30. The number of carbonyl (C=O) groups excluding carboxylic acids is 4. The van der Waals surface area contributed by atoms with E-state index in [0.29, 0.717) is 25.7 Å². The summed E-state index contributed by atoms with van der Waals surface area (Å²) in [5.41, 5.74) is 0. The van der Waals surface area contributed by atoms with E-state index >= 15 is 0 Å². The maximum atomic E-state index is 13.1. The lowest BCUT2D eigenvalue weighted by Crippen LogP contribution is -2.30. The summed E-state index contributed by atoms with van der Waals surface area (Å²) in [6, 6.07) is 0. The van der Waals surface area contributed by atoms with Crippen LogP contribution in [0.3, 0.4) is 0 Å². The molecule has 0 heterocycles. The van der Waals surface area contributed by atoms with Gasteiger partial charge in [-0.2, -0.15) is 0 Å². The van der Waals surface area contributed by atoms with Gasteiger partial charge in [0.1, 0.15) is 19.3 Å². The summed E-state index contributed by atoms with van der Waals surface area (Å²) in [6.07, 6.45) is 60.9. The fraction of sp³-hybridized carbons (Fsp3) is 0.951. The van der Waals surface area contributed by atoms with Crippen LogP contribution in [0.1, 0.15) is 427 Å². The first kappa shape index (κ1) is 99.1. The largest absolute Gasteiger partial charge is 0.472 e. The lowest BCUT2D eigenvalue weighted by molar-refractivity contribution is -0.161. The van der Waals surface area contributed by atoms with Crippen LogP contribution in [-0.2, 0) is 65.4 Å². The summed E-state index contributed by atoms with van der Waals surface area (Å²) in [5.74, 6) is 0.307. The topological polar surface area (TPSA) is 237 Å². The fourth-order valence-corrected chi connectivity index (χ4v) is 14.1. The predicted octanol–water partition coefficient (Wildman–Crippen LogP) is 24.5. The molecular formula is C82H160O17P2. The van der Waals surface area contributed by atoms with Gasteiger partial charge in [-0.25, -0.2) is 9.13 Å². The van der Waals surface area contributed by atoms with Gasteiger partial charge in [0.2, 0.25) is 0 Å². The second-order valence-electron chi connectivity index (χ2n) is 30.2. The van der Waals surface area contributed by atoms with Gasteiger partial charge in [0.25, 0.3) is 0 Å². The van der Waals surface area contributed by atoms with Crippen molar-refractivity contribution in [3.63, 3.8) is 0 Å². The summed E-state index contributed by atoms with van der Waals surface area (Å²) >= 11 is 0. The minimum absolute atomic E-state index is 0.105. The van der Waals surface area contributed by atoms with Gasteiger partial charge in [0.05, 0.1) is 26.4 Å². The van der Waals surface area contributed by atoms with E-state index in [2.05, 4.69) is 48.5 Å². The van der Waals surface area contributed by atoms with Crippen LogP contribution in [0, 0.1) is 17.8 Å². The van der Waals surface area contributed by atoms with Crippen molar-refractivity contribution in [2.45, 2.75) is 446 Å². The van der Waals surface area contributed by atoms with E-state index in [1.165, 1.54) is 238 Å². The summed E-state index contributed by atoms with van der Waals surface area (Å²) in [6.45, 7) is 12.0. The molecule has 19 heteroatoms. The number of hydrogen-bond donors (Lipinski definition) is 3. The van der Waals surface area contributed by atoms with Gasteiger partial charge in [-0.3, -0.25) is 37.3 Å². The molecule has 0 bridgehead atoms. The first-order chi connectivity index (χ1) is 48.8. The van der Waals surface area contributed by atoms with E-state index in [4.69, 9.17) is 37.0 Å². The lowest BCUT2D eigenvalue weighted by Gasteiger charge is -2.21. The number of unbranched alkanes of at least 4 members (excludes halogenated alkanes) is 45. The molecule has 0 saturated heterocycles. The quantitative estimate of drug-likeness (QED) is 0.0222. The Morgan fingerprint density at radius 3 is 0.703 bits per heavy atom. The highest BCUT2D eigenvalue weighted by Crippen LogP contribution is 2.45. The van der Waals surface area contributed by atoms with E-state index < -0.39 is 97.5 Å². The number of esters is 4. The molecule has 0 fully saturated rings. The predicted molar refractivity (Wildman–Crippen MR) is 414 cm³/mol. The third-order valence-corrected chi connectivity index (χ3v) is 22.1. The highest BCUT2D eigenvalue weighted by molar-refractivity contribution is 7.47. The second-order valence-corrected chi connectivity index (χ2v) is 33.1. The van der Waals surface area contributed by atoms with Crippen molar-refractivity contribution in [2.75, 3.05) is 39.6 Å². The average molecular weight is 1480 g/mol. The Labute approximate surface area is 619 Å².